The zero-order valence-electron chi connectivity index (χ0n) is 15.1. The number of rotatable bonds is 6. The zero-order chi connectivity index (χ0) is 18.4. The lowest BCUT2D eigenvalue weighted by molar-refractivity contribution is 0.0796. The molecule has 1 heterocycles. The summed E-state index contributed by atoms with van der Waals surface area (Å²) < 4.78 is 0. The second-order valence-electron chi connectivity index (χ2n) is 6.87. The molecule has 1 saturated carbocycles. The number of pyridine rings is 1. The van der Waals surface area contributed by atoms with Gasteiger partial charge in [-0.25, -0.2) is 0 Å². The van der Waals surface area contributed by atoms with Crippen LogP contribution >= 0.6 is 0 Å². The molecule has 1 N–H and O–H groups in total. The topological polar surface area (TPSA) is 62.3 Å². The summed E-state index contributed by atoms with van der Waals surface area (Å²) in [5, 5.41) is 3.07. The first-order valence-corrected chi connectivity index (χ1v) is 9.19. The Bertz CT molecular complexity index is 755. The zero-order valence-corrected chi connectivity index (χ0v) is 15.1. The Hall–Kier alpha value is -2.69. The van der Waals surface area contributed by atoms with E-state index in [9.17, 15) is 9.59 Å². The van der Waals surface area contributed by atoms with E-state index in [4.69, 9.17) is 0 Å². The van der Waals surface area contributed by atoms with E-state index in [2.05, 4.69) is 10.3 Å². The fourth-order valence-corrected chi connectivity index (χ4v) is 3.30. The molecule has 1 aromatic heterocycles. The van der Waals surface area contributed by atoms with Crippen molar-refractivity contribution < 1.29 is 9.59 Å². The van der Waals surface area contributed by atoms with E-state index >= 15 is 0 Å². The van der Waals surface area contributed by atoms with E-state index in [0.29, 0.717) is 17.7 Å². The van der Waals surface area contributed by atoms with Crippen LogP contribution in [0.1, 0.15) is 52.0 Å². The van der Waals surface area contributed by atoms with Crippen LogP contribution in [0.5, 0.6) is 0 Å². The fourth-order valence-electron chi connectivity index (χ4n) is 3.30. The molecule has 0 unspecified atom stereocenters. The van der Waals surface area contributed by atoms with Crippen molar-refractivity contribution in [2.45, 2.75) is 38.1 Å². The Morgan fingerprint density at radius 1 is 1.12 bits per heavy atom. The van der Waals surface area contributed by atoms with E-state index in [1.165, 1.54) is 12.8 Å². The minimum absolute atomic E-state index is 0.0745. The summed E-state index contributed by atoms with van der Waals surface area (Å²) in [6.07, 6.45) is 8.71. The first kappa shape index (κ1) is 18.1. The average molecular weight is 351 g/mol. The van der Waals surface area contributed by atoms with Crippen LogP contribution in [0.3, 0.4) is 0 Å². The first-order chi connectivity index (χ1) is 12.6. The molecule has 0 radical (unpaired) electrons. The van der Waals surface area contributed by atoms with Crippen LogP contribution in [-0.2, 0) is 6.42 Å². The molecule has 3 rings (SSSR count). The Morgan fingerprint density at radius 3 is 2.54 bits per heavy atom. The minimum atomic E-state index is -0.0917. The van der Waals surface area contributed by atoms with E-state index in [1.54, 1.807) is 48.6 Å². The number of hydrogen-bond acceptors (Lipinski definition) is 3. The van der Waals surface area contributed by atoms with Gasteiger partial charge in [-0.1, -0.05) is 18.9 Å². The van der Waals surface area contributed by atoms with Gasteiger partial charge in [0.05, 0.1) is 0 Å². The van der Waals surface area contributed by atoms with Crippen LogP contribution in [0, 0.1) is 0 Å². The SMILES string of the molecule is CN(CCc1ccncc1)C(=O)c1cccc(C(=O)NC2CCCC2)c1. The van der Waals surface area contributed by atoms with Crippen molar-refractivity contribution in [1.82, 2.24) is 15.2 Å². The van der Waals surface area contributed by atoms with Gasteiger partial charge in [0.25, 0.3) is 11.8 Å². The second-order valence-corrected chi connectivity index (χ2v) is 6.87. The number of amides is 2. The lowest BCUT2D eigenvalue weighted by Gasteiger charge is -2.18. The molecule has 0 spiro atoms. The van der Waals surface area contributed by atoms with Gasteiger partial charge in [-0.15, -0.1) is 0 Å². The third kappa shape index (κ3) is 4.69. The lowest BCUT2D eigenvalue weighted by atomic mass is 10.1. The van der Waals surface area contributed by atoms with E-state index in [1.807, 2.05) is 12.1 Å². The molecule has 5 heteroatoms. The van der Waals surface area contributed by atoms with E-state index in [-0.39, 0.29) is 17.9 Å². The summed E-state index contributed by atoms with van der Waals surface area (Å²) in [7, 11) is 1.79. The van der Waals surface area contributed by atoms with Gasteiger partial charge < -0.3 is 10.2 Å². The number of nitrogens with one attached hydrogen (secondary N) is 1. The van der Waals surface area contributed by atoms with Gasteiger partial charge in [0.1, 0.15) is 0 Å². The number of aromatic nitrogens is 1. The molecule has 1 fully saturated rings. The quantitative estimate of drug-likeness (QED) is 0.870. The third-order valence-corrected chi connectivity index (χ3v) is 4.89. The van der Waals surface area contributed by atoms with E-state index in [0.717, 1.165) is 24.8 Å². The third-order valence-electron chi connectivity index (χ3n) is 4.89. The highest BCUT2D eigenvalue weighted by Crippen LogP contribution is 2.18. The summed E-state index contributed by atoms with van der Waals surface area (Å²) in [4.78, 5) is 30.8. The maximum absolute atomic E-state index is 12.7. The molecule has 1 aromatic carbocycles. The molecule has 26 heavy (non-hydrogen) atoms. The van der Waals surface area contributed by atoms with Crippen LogP contribution in [0.2, 0.25) is 0 Å². The Balaban J connectivity index is 1.60. The largest absolute Gasteiger partial charge is 0.349 e. The van der Waals surface area contributed by atoms with E-state index < -0.39 is 0 Å². The highest BCUT2D eigenvalue weighted by molar-refractivity contribution is 5.99. The van der Waals surface area contributed by atoms with Crippen molar-refractivity contribution in [3.05, 3.63) is 65.5 Å². The van der Waals surface area contributed by atoms with Crippen LogP contribution in [0.15, 0.2) is 48.8 Å². The molecule has 0 atom stereocenters. The second kappa shape index (κ2) is 8.61. The maximum atomic E-state index is 12.7. The van der Waals surface area contributed by atoms with Crippen LogP contribution in [0.4, 0.5) is 0 Å². The summed E-state index contributed by atoms with van der Waals surface area (Å²) >= 11 is 0. The Kier molecular flexibility index (Phi) is 6.00. The number of benzene rings is 1. The molecular formula is C21H25N3O2. The van der Waals surface area contributed by atoms with Gasteiger partial charge in [0, 0.05) is 43.2 Å². The van der Waals surface area contributed by atoms with Crippen LogP contribution in [-0.4, -0.2) is 41.3 Å². The normalized spacial score (nSPS) is 14.2. The number of hydrogen-bond donors (Lipinski definition) is 1. The number of nitrogens with zero attached hydrogens (tertiary/aromatic N) is 2. The van der Waals surface area contributed by atoms with Crippen molar-refractivity contribution in [3.63, 3.8) is 0 Å². The predicted octanol–water partition coefficient (Wildman–Crippen LogP) is 3.07. The molecule has 1 aliphatic rings. The van der Waals surface area contributed by atoms with Gasteiger partial charge in [-0.3, -0.25) is 14.6 Å². The Labute approximate surface area is 154 Å². The first-order valence-electron chi connectivity index (χ1n) is 9.19. The molecule has 5 nitrogen and oxygen atoms in total. The van der Waals surface area contributed by atoms with Crippen molar-refractivity contribution in [3.8, 4) is 0 Å². The molecule has 0 saturated heterocycles. The summed E-state index contributed by atoms with van der Waals surface area (Å²) in [5.41, 5.74) is 2.23. The van der Waals surface area contributed by atoms with Crippen molar-refractivity contribution in [1.29, 1.82) is 0 Å². The summed E-state index contributed by atoms with van der Waals surface area (Å²) in [6.45, 7) is 0.612. The average Bonchev–Trinajstić information content (AvgIpc) is 3.19. The van der Waals surface area contributed by atoms with Gasteiger partial charge in [0.15, 0.2) is 0 Å². The van der Waals surface area contributed by atoms with Crippen molar-refractivity contribution in [2.75, 3.05) is 13.6 Å². The molecule has 1 aliphatic carbocycles. The molecule has 0 bridgehead atoms. The smallest absolute Gasteiger partial charge is 0.253 e. The maximum Gasteiger partial charge on any atom is 0.253 e. The van der Waals surface area contributed by atoms with Gasteiger partial charge in [-0.2, -0.15) is 0 Å². The molecule has 136 valence electrons. The highest BCUT2D eigenvalue weighted by Gasteiger charge is 2.19. The monoisotopic (exact) mass is 351 g/mol. The predicted molar refractivity (Wildman–Crippen MR) is 101 cm³/mol. The Morgan fingerprint density at radius 2 is 1.81 bits per heavy atom. The summed E-state index contributed by atoms with van der Waals surface area (Å²) in [5.74, 6) is -0.166. The van der Waals surface area contributed by atoms with Gasteiger partial charge in [0.2, 0.25) is 0 Å². The number of likely N-dealkylation sites (N-methyl/N-ethyl adjacent to an activating group) is 1. The van der Waals surface area contributed by atoms with Gasteiger partial charge in [-0.05, 0) is 55.2 Å². The number of carbonyl (C=O) groups is 2. The standard InChI is InChI=1S/C21H25N3O2/c1-24(14-11-16-9-12-22-13-10-16)21(26)18-6-4-5-17(15-18)20(25)23-19-7-2-3-8-19/h4-6,9-10,12-13,15,19H,2-3,7-8,11,14H2,1H3,(H,23,25). The number of carbonyl (C=O) groups excluding carboxylic acids is 2. The lowest BCUT2D eigenvalue weighted by Crippen LogP contribution is -2.33. The fraction of sp³-hybridized carbons (Fsp3) is 0.381. The van der Waals surface area contributed by atoms with Crippen molar-refractivity contribution in [2.24, 2.45) is 0 Å². The van der Waals surface area contributed by atoms with Gasteiger partial charge >= 0.3 is 0 Å². The molecule has 0 aliphatic heterocycles. The molecule has 2 amide bonds. The minimum Gasteiger partial charge on any atom is -0.349 e. The van der Waals surface area contributed by atoms with Crippen molar-refractivity contribution >= 4 is 11.8 Å². The summed E-state index contributed by atoms with van der Waals surface area (Å²) in [6, 6.07) is 11.2. The molecule has 2 aromatic rings. The molecular weight excluding hydrogens is 326 g/mol. The van der Waals surface area contributed by atoms with Crippen LogP contribution in [0.25, 0.3) is 0 Å². The van der Waals surface area contributed by atoms with Crippen LogP contribution < -0.4 is 5.32 Å². The highest BCUT2D eigenvalue weighted by atomic mass is 16.2.